The van der Waals surface area contributed by atoms with Crippen molar-refractivity contribution in [1.82, 2.24) is 9.80 Å². The molecule has 2 aliphatic rings. The topological polar surface area (TPSA) is 43.8 Å². The minimum absolute atomic E-state index is 0.140. The molecule has 0 atom stereocenters. The summed E-state index contributed by atoms with van der Waals surface area (Å²) in [6.45, 7) is 3.55. The molecule has 0 aromatic rings. The molecule has 16 heavy (non-hydrogen) atoms. The second-order valence-electron chi connectivity index (χ2n) is 4.65. The Bertz CT molecular complexity index is 297. The van der Waals surface area contributed by atoms with Crippen LogP contribution in [-0.4, -0.2) is 59.6 Å². The number of rotatable bonds is 2. The molecule has 0 radical (unpaired) electrons. The van der Waals surface area contributed by atoms with E-state index in [4.69, 9.17) is 11.5 Å². The van der Waals surface area contributed by atoms with Crippen molar-refractivity contribution < 1.29 is 9.90 Å². The monoisotopic (exact) mass is 222 g/mol. The van der Waals surface area contributed by atoms with E-state index >= 15 is 0 Å². The van der Waals surface area contributed by atoms with Gasteiger partial charge in [-0.15, -0.1) is 6.42 Å². The van der Waals surface area contributed by atoms with E-state index in [0.29, 0.717) is 19.6 Å². The van der Waals surface area contributed by atoms with E-state index in [-0.39, 0.29) is 17.9 Å². The molecule has 4 heteroatoms. The second kappa shape index (κ2) is 4.86. The van der Waals surface area contributed by atoms with Crippen LogP contribution in [-0.2, 0) is 4.79 Å². The number of aliphatic hydroxyl groups excluding tert-OH is 1. The predicted octanol–water partition coefficient (Wildman–Crippen LogP) is -0.465. The van der Waals surface area contributed by atoms with E-state index in [1.54, 1.807) is 4.90 Å². The molecule has 0 aromatic heterocycles. The second-order valence-corrected chi connectivity index (χ2v) is 4.65. The molecule has 4 nitrogen and oxygen atoms in total. The summed E-state index contributed by atoms with van der Waals surface area (Å²) in [4.78, 5) is 15.9. The van der Waals surface area contributed by atoms with Crippen LogP contribution in [0.25, 0.3) is 0 Å². The Morgan fingerprint density at radius 2 is 2.00 bits per heavy atom. The Morgan fingerprint density at radius 1 is 1.38 bits per heavy atom. The SMILES string of the molecule is C#CCN1CCC(C(=O)N2CC(O)C2)CC1. The van der Waals surface area contributed by atoms with Crippen molar-refractivity contribution in [3.63, 3.8) is 0 Å². The minimum Gasteiger partial charge on any atom is -0.389 e. The van der Waals surface area contributed by atoms with Gasteiger partial charge >= 0.3 is 0 Å². The lowest BCUT2D eigenvalue weighted by Crippen LogP contribution is -2.56. The number of carbonyl (C=O) groups excluding carboxylic acids is 1. The highest BCUT2D eigenvalue weighted by molar-refractivity contribution is 5.79. The van der Waals surface area contributed by atoms with Crippen molar-refractivity contribution in [3.8, 4) is 12.3 Å². The van der Waals surface area contributed by atoms with E-state index in [9.17, 15) is 4.79 Å². The Labute approximate surface area is 96.2 Å². The summed E-state index contributed by atoms with van der Waals surface area (Å²) in [5.41, 5.74) is 0. The Morgan fingerprint density at radius 3 is 2.50 bits per heavy atom. The van der Waals surface area contributed by atoms with Gasteiger partial charge in [0.25, 0.3) is 0 Å². The average molecular weight is 222 g/mol. The molecular weight excluding hydrogens is 204 g/mol. The van der Waals surface area contributed by atoms with E-state index in [2.05, 4.69) is 10.8 Å². The van der Waals surface area contributed by atoms with Gasteiger partial charge in [-0.05, 0) is 25.9 Å². The summed E-state index contributed by atoms with van der Waals surface area (Å²) in [7, 11) is 0. The Balaban J connectivity index is 1.76. The molecule has 0 bridgehead atoms. The minimum atomic E-state index is -0.300. The predicted molar refractivity (Wildman–Crippen MR) is 60.6 cm³/mol. The van der Waals surface area contributed by atoms with Gasteiger partial charge < -0.3 is 10.0 Å². The zero-order chi connectivity index (χ0) is 11.5. The van der Waals surface area contributed by atoms with Gasteiger partial charge in [-0.2, -0.15) is 0 Å². The van der Waals surface area contributed by atoms with Crippen molar-refractivity contribution in [2.75, 3.05) is 32.7 Å². The molecule has 0 saturated carbocycles. The molecule has 2 saturated heterocycles. The molecule has 1 N–H and O–H groups in total. The molecule has 2 aliphatic heterocycles. The number of β-amino-alcohol motifs (C(OH)–C–C–N with tert-alkyl or cyclic N) is 1. The smallest absolute Gasteiger partial charge is 0.225 e. The number of hydrogen-bond donors (Lipinski definition) is 1. The number of carbonyl (C=O) groups is 1. The fourth-order valence-corrected chi connectivity index (χ4v) is 2.36. The molecule has 0 aliphatic carbocycles. The first-order valence-electron chi connectivity index (χ1n) is 5.83. The maximum absolute atomic E-state index is 11.9. The summed E-state index contributed by atoms with van der Waals surface area (Å²) >= 11 is 0. The van der Waals surface area contributed by atoms with Crippen molar-refractivity contribution >= 4 is 5.91 Å². The van der Waals surface area contributed by atoms with E-state index < -0.39 is 0 Å². The molecule has 0 spiro atoms. The maximum Gasteiger partial charge on any atom is 0.225 e. The van der Waals surface area contributed by atoms with E-state index in [1.807, 2.05) is 0 Å². The Hall–Kier alpha value is -1.05. The number of amides is 1. The van der Waals surface area contributed by atoms with Crippen LogP contribution in [0.1, 0.15) is 12.8 Å². The summed E-state index contributed by atoms with van der Waals surface area (Å²) in [6.07, 6.45) is 6.74. The molecule has 2 rings (SSSR count). The van der Waals surface area contributed by atoms with Crippen LogP contribution in [0.4, 0.5) is 0 Å². The number of terminal acetylenes is 1. The van der Waals surface area contributed by atoms with Crippen LogP contribution in [0.15, 0.2) is 0 Å². The molecule has 1 amide bonds. The largest absolute Gasteiger partial charge is 0.389 e. The van der Waals surface area contributed by atoms with Gasteiger partial charge in [-0.1, -0.05) is 5.92 Å². The molecule has 88 valence electrons. The number of aliphatic hydroxyl groups is 1. The van der Waals surface area contributed by atoms with E-state index in [1.165, 1.54) is 0 Å². The van der Waals surface area contributed by atoms with E-state index in [0.717, 1.165) is 25.9 Å². The van der Waals surface area contributed by atoms with Crippen molar-refractivity contribution in [3.05, 3.63) is 0 Å². The first-order chi connectivity index (χ1) is 7.70. The average Bonchev–Trinajstić information content (AvgIpc) is 2.25. The van der Waals surface area contributed by atoms with Gasteiger partial charge in [0.1, 0.15) is 0 Å². The van der Waals surface area contributed by atoms with Gasteiger partial charge in [0.15, 0.2) is 0 Å². The number of hydrogen-bond acceptors (Lipinski definition) is 3. The maximum atomic E-state index is 11.9. The number of likely N-dealkylation sites (tertiary alicyclic amines) is 2. The van der Waals surface area contributed by atoms with Crippen LogP contribution < -0.4 is 0 Å². The van der Waals surface area contributed by atoms with Crippen molar-refractivity contribution in [1.29, 1.82) is 0 Å². The van der Waals surface area contributed by atoms with Crippen LogP contribution in [0, 0.1) is 18.3 Å². The molecular formula is C12H18N2O2. The third kappa shape index (κ3) is 2.37. The third-order valence-corrected chi connectivity index (χ3v) is 3.43. The highest BCUT2D eigenvalue weighted by Crippen LogP contribution is 2.22. The number of piperidine rings is 1. The quantitative estimate of drug-likeness (QED) is 0.643. The molecule has 2 heterocycles. The fourth-order valence-electron chi connectivity index (χ4n) is 2.36. The van der Waals surface area contributed by atoms with Crippen LogP contribution >= 0.6 is 0 Å². The lowest BCUT2D eigenvalue weighted by Gasteiger charge is -2.40. The van der Waals surface area contributed by atoms with Crippen LogP contribution in [0.2, 0.25) is 0 Å². The highest BCUT2D eigenvalue weighted by atomic mass is 16.3. The van der Waals surface area contributed by atoms with Gasteiger partial charge in [0.2, 0.25) is 5.91 Å². The van der Waals surface area contributed by atoms with Gasteiger partial charge in [-0.25, -0.2) is 0 Å². The first kappa shape index (κ1) is 11.4. The van der Waals surface area contributed by atoms with Crippen molar-refractivity contribution in [2.24, 2.45) is 5.92 Å². The molecule has 0 unspecified atom stereocenters. The molecule has 0 aromatic carbocycles. The third-order valence-electron chi connectivity index (χ3n) is 3.43. The summed E-state index contributed by atoms with van der Waals surface area (Å²) in [5.74, 6) is 2.98. The van der Waals surface area contributed by atoms with Crippen LogP contribution in [0.3, 0.4) is 0 Å². The lowest BCUT2D eigenvalue weighted by molar-refractivity contribution is -0.147. The normalized spacial score (nSPS) is 23.9. The molecule has 2 fully saturated rings. The zero-order valence-electron chi connectivity index (χ0n) is 9.43. The lowest BCUT2D eigenvalue weighted by atomic mass is 9.94. The van der Waals surface area contributed by atoms with Gasteiger partial charge in [-0.3, -0.25) is 9.69 Å². The van der Waals surface area contributed by atoms with Crippen molar-refractivity contribution in [2.45, 2.75) is 18.9 Å². The summed E-state index contributed by atoms with van der Waals surface area (Å²) in [5, 5.41) is 9.15. The number of nitrogens with zero attached hydrogens (tertiary/aromatic N) is 2. The summed E-state index contributed by atoms with van der Waals surface area (Å²) in [6, 6.07) is 0. The van der Waals surface area contributed by atoms with Crippen LogP contribution in [0.5, 0.6) is 0 Å². The Kier molecular flexibility index (Phi) is 3.47. The standard InChI is InChI=1S/C12H18N2O2/c1-2-5-13-6-3-10(4-7-13)12(16)14-8-11(15)9-14/h1,10-11,15H,3-9H2. The fraction of sp³-hybridized carbons (Fsp3) is 0.750. The van der Waals surface area contributed by atoms with Gasteiger partial charge in [0, 0.05) is 19.0 Å². The first-order valence-corrected chi connectivity index (χ1v) is 5.83. The van der Waals surface area contributed by atoms with Gasteiger partial charge in [0.05, 0.1) is 12.6 Å². The highest BCUT2D eigenvalue weighted by Gasteiger charge is 2.34. The summed E-state index contributed by atoms with van der Waals surface area (Å²) < 4.78 is 0. The zero-order valence-corrected chi connectivity index (χ0v) is 9.43.